The first-order valence-corrected chi connectivity index (χ1v) is 8.58. The fraction of sp³-hybridized carbons (Fsp3) is 0.625. The Kier molecular flexibility index (Phi) is 5.18. The molecule has 0 aromatic heterocycles. The first-order chi connectivity index (χ1) is 11.2. The van der Waals surface area contributed by atoms with Crippen molar-refractivity contribution < 1.29 is 36.6 Å². The van der Waals surface area contributed by atoms with Crippen LogP contribution in [0, 0.1) is 0 Å². The molecule has 2 N–H and O–H groups in total. The van der Waals surface area contributed by atoms with Gasteiger partial charge in [0.25, 0.3) is 0 Å². The number of fused-ring (bicyclic) bond motifs is 1. The molecule has 1 aliphatic heterocycles. The Labute approximate surface area is 145 Å². The van der Waals surface area contributed by atoms with Crippen molar-refractivity contribution in [1.82, 2.24) is 0 Å². The zero-order chi connectivity index (χ0) is 19.3. The molecule has 2 nitrogen and oxygen atoms in total. The zero-order valence-electron chi connectivity index (χ0n) is 13.6. The maximum absolute atomic E-state index is 13.1. The van der Waals surface area contributed by atoms with Crippen molar-refractivity contribution >= 4 is 11.8 Å². The van der Waals surface area contributed by atoms with E-state index < -0.39 is 42.0 Å². The van der Waals surface area contributed by atoms with Crippen molar-refractivity contribution in [2.24, 2.45) is 0 Å². The van der Waals surface area contributed by atoms with Gasteiger partial charge < -0.3 is 10.2 Å². The molecule has 0 saturated heterocycles. The summed E-state index contributed by atoms with van der Waals surface area (Å²) >= 11 is 1.26. The lowest BCUT2D eigenvalue weighted by molar-refractivity contribution is -0.277. The van der Waals surface area contributed by atoms with Crippen LogP contribution in [0.3, 0.4) is 0 Å². The summed E-state index contributed by atoms with van der Waals surface area (Å²) in [7, 11) is 0. The van der Waals surface area contributed by atoms with Crippen molar-refractivity contribution in [2.75, 3.05) is 6.61 Å². The van der Waals surface area contributed by atoms with E-state index in [4.69, 9.17) is 5.11 Å². The Morgan fingerprint density at radius 2 is 1.44 bits per heavy atom. The molecule has 1 aromatic carbocycles. The highest BCUT2D eigenvalue weighted by Gasteiger charge is 2.56. The summed E-state index contributed by atoms with van der Waals surface area (Å²) in [6.07, 6.45) is -10.4. The van der Waals surface area contributed by atoms with E-state index in [1.165, 1.54) is 31.7 Å². The van der Waals surface area contributed by atoms with Gasteiger partial charge in [0, 0.05) is 11.5 Å². The van der Waals surface area contributed by atoms with E-state index in [1.54, 1.807) is 0 Å². The highest BCUT2D eigenvalue weighted by Crippen LogP contribution is 2.47. The molecule has 1 heterocycles. The summed E-state index contributed by atoms with van der Waals surface area (Å²) in [6.45, 7) is 1.33. The minimum atomic E-state index is -5.05. The molecule has 142 valence electrons. The van der Waals surface area contributed by atoms with E-state index in [9.17, 15) is 31.4 Å². The zero-order valence-corrected chi connectivity index (χ0v) is 14.4. The van der Waals surface area contributed by atoms with Crippen molar-refractivity contribution in [3.8, 4) is 0 Å². The van der Waals surface area contributed by atoms with Crippen molar-refractivity contribution in [1.29, 1.82) is 0 Å². The van der Waals surface area contributed by atoms with Crippen molar-refractivity contribution in [3.63, 3.8) is 0 Å². The lowest BCUT2D eigenvalue weighted by Gasteiger charge is -2.37. The van der Waals surface area contributed by atoms with Crippen LogP contribution in [-0.4, -0.2) is 28.6 Å². The number of benzene rings is 1. The summed E-state index contributed by atoms with van der Waals surface area (Å²) in [5.74, 6) is 0.402. The highest BCUT2D eigenvalue weighted by molar-refractivity contribution is 7.98. The summed E-state index contributed by atoms with van der Waals surface area (Å²) < 4.78 is 78.6. The van der Waals surface area contributed by atoms with Gasteiger partial charge >= 0.3 is 12.4 Å². The van der Waals surface area contributed by atoms with Crippen LogP contribution in [0.15, 0.2) is 12.1 Å². The van der Waals surface area contributed by atoms with Crippen LogP contribution < -0.4 is 0 Å². The van der Waals surface area contributed by atoms with Crippen molar-refractivity contribution in [3.05, 3.63) is 34.4 Å². The van der Waals surface area contributed by atoms with Gasteiger partial charge in [-0.25, -0.2) is 0 Å². The standard InChI is InChI=1S/C16H18F6O2S/c1-13(2,7-14(24,8-23)16(20,21)22)11-3-4-12(15(17,18)19)10-6-25-5-9(10)11/h3-4,23-24H,5-8H2,1-2H3/t14-/m0/s1. The van der Waals surface area contributed by atoms with Crippen LogP contribution in [0.5, 0.6) is 0 Å². The Bertz CT molecular complexity index is 653. The third kappa shape index (κ3) is 3.78. The van der Waals surface area contributed by atoms with Crippen LogP contribution in [0.2, 0.25) is 0 Å². The van der Waals surface area contributed by atoms with E-state index in [0.717, 1.165) is 6.07 Å². The Morgan fingerprint density at radius 3 is 1.88 bits per heavy atom. The first-order valence-electron chi connectivity index (χ1n) is 7.43. The van der Waals surface area contributed by atoms with Gasteiger partial charge in [-0.15, -0.1) is 0 Å². The molecule has 9 heteroatoms. The second-order valence-electron chi connectivity index (χ2n) is 6.86. The molecule has 1 aliphatic rings. The summed E-state index contributed by atoms with van der Waals surface area (Å²) in [5.41, 5.74) is -4.60. The number of rotatable bonds is 4. The number of alkyl halides is 6. The molecular weight excluding hydrogens is 370 g/mol. The minimum Gasteiger partial charge on any atom is -0.393 e. The van der Waals surface area contributed by atoms with Crippen molar-refractivity contribution in [2.45, 2.75) is 55.1 Å². The summed E-state index contributed by atoms with van der Waals surface area (Å²) in [5, 5.41) is 18.9. The predicted molar refractivity (Wildman–Crippen MR) is 82.2 cm³/mol. The lowest BCUT2D eigenvalue weighted by Crippen LogP contribution is -2.52. The number of hydrogen-bond acceptors (Lipinski definition) is 3. The van der Waals surface area contributed by atoms with E-state index in [1.807, 2.05) is 0 Å². The molecular formula is C16H18F6O2S. The predicted octanol–water partition coefficient (Wildman–Crippen LogP) is 4.41. The molecule has 1 aromatic rings. The van der Waals surface area contributed by atoms with Gasteiger partial charge in [0.2, 0.25) is 0 Å². The van der Waals surface area contributed by atoms with E-state index in [2.05, 4.69) is 0 Å². The van der Waals surface area contributed by atoms with Gasteiger partial charge in [0.1, 0.15) is 0 Å². The number of thioether (sulfide) groups is 1. The van der Waals surface area contributed by atoms with Gasteiger partial charge in [-0.1, -0.05) is 19.9 Å². The fourth-order valence-corrected chi connectivity index (χ4v) is 4.42. The number of halogens is 6. The Balaban J connectivity index is 2.50. The lowest BCUT2D eigenvalue weighted by atomic mass is 9.72. The third-order valence-electron chi connectivity index (χ3n) is 4.48. The number of aliphatic hydroxyl groups is 2. The van der Waals surface area contributed by atoms with Gasteiger partial charge in [-0.05, 0) is 34.6 Å². The summed E-state index contributed by atoms with van der Waals surface area (Å²) in [4.78, 5) is 0. The first kappa shape index (κ1) is 20.4. The molecule has 0 bridgehead atoms. The van der Waals surface area contributed by atoms with Crippen LogP contribution in [0.1, 0.15) is 42.5 Å². The monoisotopic (exact) mass is 388 g/mol. The molecule has 0 saturated carbocycles. The minimum absolute atomic E-state index is 0.0858. The third-order valence-corrected chi connectivity index (χ3v) is 5.47. The molecule has 0 unspecified atom stereocenters. The van der Waals surface area contributed by atoms with Crippen LogP contribution in [-0.2, 0) is 23.1 Å². The Hall–Kier alpha value is -0.930. The second kappa shape index (κ2) is 6.35. The van der Waals surface area contributed by atoms with E-state index in [-0.39, 0.29) is 17.1 Å². The quantitative estimate of drug-likeness (QED) is 0.751. The molecule has 0 amide bonds. The maximum atomic E-state index is 13.1. The van der Waals surface area contributed by atoms with Crippen LogP contribution >= 0.6 is 11.8 Å². The largest absolute Gasteiger partial charge is 0.419 e. The normalized spacial score (nSPS) is 18.2. The average molecular weight is 388 g/mol. The molecule has 0 fully saturated rings. The SMILES string of the molecule is CC(C)(C[C@](O)(CO)C(F)(F)F)c1ccc(C(F)(F)F)c2c1CSC2. The number of aliphatic hydroxyl groups excluding tert-OH is 1. The van der Waals surface area contributed by atoms with Gasteiger partial charge in [-0.3, -0.25) is 0 Å². The maximum Gasteiger partial charge on any atom is 0.419 e. The van der Waals surface area contributed by atoms with Gasteiger partial charge in [0.15, 0.2) is 5.60 Å². The smallest absolute Gasteiger partial charge is 0.393 e. The molecule has 0 spiro atoms. The van der Waals surface area contributed by atoms with Gasteiger partial charge in [0.05, 0.1) is 12.2 Å². The molecule has 2 rings (SSSR count). The van der Waals surface area contributed by atoms with E-state index >= 15 is 0 Å². The number of hydrogen-bond donors (Lipinski definition) is 2. The molecule has 0 aliphatic carbocycles. The van der Waals surface area contributed by atoms with Crippen LogP contribution in [0.4, 0.5) is 26.3 Å². The average Bonchev–Trinajstić information content (AvgIpc) is 2.92. The molecule has 25 heavy (non-hydrogen) atoms. The molecule has 1 atom stereocenters. The topological polar surface area (TPSA) is 40.5 Å². The Morgan fingerprint density at radius 1 is 0.960 bits per heavy atom. The van der Waals surface area contributed by atoms with Crippen LogP contribution in [0.25, 0.3) is 0 Å². The van der Waals surface area contributed by atoms with E-state index in [0.29, 0.717) is 11.1 Å². The summed E-state index contributed by atoms with van der Waals surface area (Å²) in [6, 6.07) is 2.06. The highest BCUT2D eigenvalue weighted by atomic mass is 32.2. The van der Waals surface area contributed by atoms with Gasteiger partial charge in [-0.2, -0.15) is 38.1 Å². The second-order valence-corrected chi connectivity index (χ2v) is 7.84. The fourth-order valence-electron chi connectivity index (χ4n) is 3.25. The molecule has 0 radical (unpaired) electrons.